The molecule has 4 heterocycles. The number of aromatic nitrogens is 2. The third-order valence-corrected chi connectivity index (χ3v) is 10.3. The summed E-state index contributed by atoms with van der Waals surface area (Å²) in [5.41, 5.74) is 12.8. The van der Waals surface area contributed by atoms with Gasteiger partial charge in [0.05, 0.1) is 12.5 Å². The largest absolute Gasteiger partial charge is 0.347 e. The van der Waals surface area contributed by atoms with Gasteiger partial charge in [0, 0.05) is 59.4 Å². The summed E-state index contributed by atoms with van der Waals surface area (Å²) in [7, 11) is -6.59. The van der Waals surface area contributed by atoms with Gasteiger partial charge in [0.15, 0.2) is 0 Å². The van der Waals surface area contributed by atoms with Gasteiger partial charge >= 0.3 is 0 Å². The molecule has 8 nitrogen and oxygen atoms in total. The van der Waals surface area contributed by atoms with E-state index in [4.69, 9.17) is 0 Å². The summed E-state index contributed by atoms with van der Waals surface area (Å²) >= 11 is 0. The Balaban J connectivity index is 0.000000162. The maximum Gasteiger partial charge on any atom is 0.229 e. The molecule has 6 aromatic rings. The molecule has 0 atom stereocenters. The summed E-state index contributed by atoms with van der Waals surface area (Å²) in [6, 6.07) is 40.3. The van der Waals surface area contributed by atoms with Crippen molar-refractivity contribution < 1.29 is 16.8 Å². The molecule has 0 fully saturated rings. The zero-order valence-corrected chi connectivity index (χ0v) is 30.7. The van der Waals surface area contributed by atoms with E-state index >= 15 is 0 Å². The number of anilines is 2. The van der Waals surface area contributed by atoms with Crippen molar-refractivity contribution in [1.82, 2.24) is 9.13 Å². The summed E-state index contributed by atoms with van der Waals surface area (Å²) in [5, 5.41) is 0. The lowest BCUT2D eigenvalue weighted by atomic mass is 9.95. The van der Waals surface area contributed by atoms with Crippen LogP contribution in [0.3, 0.4) is 0 Å². The van der Waals surface area contributed by atoms with Crippen LogP contribution < -0.4 is 9.44 Å². The van der Waals surface area contributed by atoms with Crippen molar-refractivity contribution in [3.05, 3.63) is 178 Å². The van der Waals surface area contributed by atoms with Crippen LogP contribution in [0.1, 0.15) is 44.8 Å². The first-order chi connectivity index (χ1) is 25.0. The van der Waals surface area contributed by atoms with Gasteiger partial charge in [-0.05, 0) is 107 Å². The Morgan fingerprint density at radius 1 is 0.519 bits per heavy atom. The predicted molar refractivity (Wildman–Crippen MR) is 213 cm³/mol. The molecule has 0 radical (unpaired) electrons. The zero-order valence-electron chi connectivity index (χ0n) is 29.0. The highest BCUT2D eigenvalue weighted by atomic mass is 32.2. The van der Waals surface area contributed by atoms with E-state index < -0.39 is 20.0 Å². The maximum atomic E-state index is 11.5. The quantitative estimate of drug-likeness (QED) is 0.182. The maximum absolute atomic E-state index is 11.5. The van der Waals surface area contributed by atoms with Crippen LogP contribution in [0.2, 0.25) is 0 Å². The minimum Gasteiger partial charge on any atom is -0.347 e. The molecular weight excluding hydrogens is 689 g/mol. The number of rotatable bonds is 6. The van der Waals surface area contributed by atoms with E-state index in [0.717, 1.165) is 60.7 Å². The number of sulfonamides is 2. The second-order valence-corrected chi connectivity index (χ2v) is 16.6. The van der Waals surface area contributed by atoms with Crippen molar-refractivity contribution in [1.29, 1.82) is 0 Å². The van der Waals surface area contributed by atoms with E-state index in [-0.39, 0.29) is 0 Å². The molecule has 0 bridgehead atoms. The van der Waals surface area contributed by atoms with Gasteiger partial charge in [0.25, 0.3) is 0 Å². The van der Waals surface area contributed by atoms with Crippen molar-refractivity contribution in [2.75, 3.05) is 22.0 Å². The second kappa shape index (κ2) is 14.6. The molecule has 0 amide bonds. The fourth-order valence-electron chi connectivity index (χ4n) is 6.92. The molecule has 8 rings (SSSR count). The summed E-state index contributed by atoms with van der Waals surface area (Å²) < 4.78 is 55.7. The highest BCUT2D eigenvalue weighted by molar-refractivity contribution is 7.92. The first-order valence-corrected chi connectivity index (χ1v) is 20.8. The van der Waals surface area contributed by atoms with Gasteiger partial charge in [-0.1, -0.05) is 72.8 Å². The molecule has 52 heavy (non-hydrogen) atoms. The second-order valence-electron chi connectivity index (χ2n) is 13.1. The van der Waals surface area contributed by atoms with Crippen LogP contribution in [0, 0.1) is 0 Å². The third-order valence-electron chi connectivity index (χ3n) is 9.07. The van der Waals surface area contributed by atoms with Crippen molar-refractivity contribution in [2.24, 2.45) is 0 Å². The van der Waals surface area contributed by atoms with E-state index in [1.54, 1.807) is 12.1 Å². The average Bonchev–Trinajstić information content (AvgIpc) is 3.71. The standard InChI is InChI=1S/2C21H20N2O2S/c2*1-26(24,25)22-18-8-4-6-16(14-18)15-20-19-9-3-2-7-17(19)11-13-23-12-5-10-21(20)23/h2*2-10,12,14-15,22H,11,13H2,1H3/b20-15+;20-15-. The summed E-state index contributed by atoms with van der Waals surface area (Å²) in [6.45, 7) is 1.90. The molecule has 10 heteroatoms. The Bertz CT molecular complexity index is 2370. The van der Waals surface area contributed by atoms with Gasteiger partial charge < -0.3 is 9.13 Å². The van der Waals surface area contributed by atoms with Crippen LogP contribution in [-0.4, -0.2) is 38.5 Å². The number of aryl methyl sites for hydroxylation is 4. The monoisotopic (exact) mass is 728 g/mol. The van der Waals surface area contributed by atoms with Crippen LogP contribution in [-0.2, 0) is 46.0 Å². The van der Waals surface area contributed by atoms with Crippen molar-refractivity contribution >= 4 is 54.7 Å². The van der Waals surface area contributed by atoms with E-state index in [2.05, 4.69) is 116 Å². The fourth-order valence-corrected chi connectivity index (χ4v) is 8.03. The van der Waals surface area contributed by atoms with Gasteiger partial charge in [0.2, 0.25) is 20.0 Å². The minimum atomic E-state index is -3.30. The molecule has 0 aliphatic carbocycles. The first kappa shape index (κ1) is 34.9. The topological polar surface area (TPSA) is 102 Å². The first-order valence-electron chi connectivity index (χ1n) is 17.1. The van der Waals surface area contributed by atoms with Crippen LogP contribution in [0.5, 0.6) is 0 Å². The fraction of sp³-hybridized carbons (Fsp3) is 0.143. The Labute approximate surface area is 305 Å². The smallest absolute Gasteiger partial charge is 0.229 e. The van der Waals surface area contributed by atoms with Crippen LogP contribution in [0.25, 0.3) is 23.3 Å². The number of nitrogens with one attached hydrogen (secondary N) is 2. The van der Waals surface area contributed by atoms with Gasteiger partial charge in [0.1, 0.15) is 0 Å². The SMILES string of the molecule is CS(=O)(=O)Nc1cccc(/C=C2/c3ccccc3CCn3cccc32)c1.CS(=O)(=O)Nc1cccc(/C=C2\c3ccccc3CCn3cccc32)c1. The Morgan fingerprint density at radius 2 is 0.942 bits per heavy atom. The number of hydrogen-bond donors (Lipinski definition) is 2. The van der Waals surface area contributed by atoms with Crippen molar-refractivity contribution in [3.8, 4) is 0 Å². The van der Waals surface area contributed by atoms with Gasteiger partial charge in [-0.15, -0.1) is 0 Å². The molecule has 264 valence electrons. The molecule has 0 unspecified atom stereocenters. The molecule has 0 spiro atoms. The van der Waals surface area contributed by atoms with Crippen molar-refractivity contribution in [3.63, 3.8) is 0 Å². The van der Waals surface area contributed by atoms with E-state index in [1.165, 1.54) is 33.6 Å². The van der Waals surface area contributed by atoms with Gasteiger partial charge in [-0.3, -0.25) is 9.44 Å². The molecular formula is C42H40N4O4S2. The third kappa shape index (κ3) is 8.30. The number of nitrogens with zero attached hydrogens (tertiary/aromatic N) is 2. The minimum absolute atomic E-state index is 0.569. The average molecular weight is 729 g/mol. The summed E-state index contributed by atoms with van der Waals surface area (Å²) in [6.07, 6.45) is 12.8. The molecule has 2 aromatic heterocycles. The summed E-state index contributed by atoms with van der Waals surface area (Å²) in [4.78, 5) is 0. The van der Waals surface area contributed by atoms with Gasteiger partial charge in [-0.25, -0.2) is 16.8 Å². The molecule has 0 saturated heterocycles. The van der Waals surface area contributed by atoms with E-state index in [1.807, 2.05) is 36.4 Å². The highest BCUT2D eigenvalue weighted by Gasteiger charge is 2.19. The molecule has 2 aliphatic rings. The Kier molecular flexibility index (Phi) is 9.77. The van der Waals surface area contributed by atoms with E-state index in [0.29, 0.717) is 11.4 Å². The molecule has 2 aliphatic heterocycles. The number of benzene rings is 4. The molecule has 4 aromatic carbocycles. The normalized spacial score (nSPS) is 15.2. The van der Waals surface area contributed by atoms with Gasteiger partial charge in [-0.2, -0.15) is 0 Å². The lowest BCUT2D eigenvalue weighted by Gasteiger charge is -2.11. The lowest BCUT2D eigenvalue weighted by Crippen LogP contribution is -2.09. The number of fused-ring (bicyclic) bond motifs is 4. The Morgan fingerprint density at radius 3 is 1.37 bits per heavy atom. The van der Waals surface area contributed by atoms with Crippen LogP contribution >= 0.6 is 0 Å². The Hall–Kier alpha value is -5.58. The highest BCUT2D eigenvalue weighted by Crippen LogP contribution is 2.34. The molecule has 2 N–H and O–H groups in total. The van der Waals surface area contributed by atoms with Crippen molar-refractivity contribution in [2.45, 2.75) is 25.9 Å². The van der Waals surface area contributed by atoms with E-state index in [9.17, 15) is 16.8 Å². The zero-order chi connectivity index (χ0) is 36.3. The summed E-state index contributed by atoms with van der Waals surface area (Å²) in [5.74, 6) is 0. The van der Waals surface area contributed by atoms with Crippen LogP contribution in [0.4, 0.5) is 11.4 Å². The molecule has 0 saturated carbocycles. The number of hydrogen-bond acceptors (Lipinski definition) is 4. The van der Waals surface area contributed by atoms with Crippen LogP contribution in [0.15, 0.2) is 134 Å². The lowest BCUT2D eigenvalue weighted by molar-refractivity contribution is 0.605. The predicted octanol–water partition coefficient (Wildman–Crippen LogP) is 8.01.